The van der Waals surface area contributed by atoms with Crippen LogP contribution in [0.4, 0.5) is 0 Å². The lowest BCUT2D eigenvalue weighted by molar-refractivity contribution is -0.132. The summed E-state index contributed by atoms with van der Waals surface area (Å²) < 4.78 is 0. The van der Waals surface area contributed by atoms with Gasteiger partial charge in [-0.25, -0.2) is 0 Å². The average molecular weight is 448 g/mol. The zero-order chi connectivity index (χ0) is 22.6. The summed E-state index contributed by atoms with van der Waals surface area (Å²) >= 11 is 1.66. The summed E-state index contributed by atoms with van der Waals surface area (Å²) in [6.45, 7) is 7.54. The van der Waals surface area contributed by atoms with Crippen LogP contribution in [0.15, 0.2) is 24.5 Å². The zero-order valence-corrected chi connectivity index (χ0v) is 20.0. The third-order valence-corrected chi connectivity index (χ3v) is 7.18. The summed E-state index contributed by atoms with van der Waals surface area (Å²) in [6.07, 6.45) is 9.24. The van der Waals surface area contributed by atoms with Gasteiger partial charge in [-0.1, -0.05) is 19.3 Å². The number of hydrogen-bond acceptors (Lipinski definition) is 5. The lowest BCUT2D eigenvalue weighted by atomic mass is 9.94. The second-order valence-electron chi connectivity index (χ2n) is 8.15. The van der Waals surface area contributed by atoms with E-state index in [9.17, 15) is 14.4 Å². The molecule has 31 heavy (non-hydrogen) atoms. The van der Waals surface area contributed by atoms with E-state index in [1.54, 1.807) is 48.1 Å². The van der Waals surface area contributed by atoms with E-state index in [2.05, 4.69) is 4.98 Å². The maximum Gasteiger partial charge on any atom is 0.223 e. The minimum Gasteiger partial charge on any atom is -0.343 e. The number of amides is 2. The van der Waals surface area contributed by atoms with E-state index < -0.39 is 0 Å². The summed E-state index contributed by atoms with van der Waals surface area (Å²) in [5.41, 5.74) is 0.549. The molecule has 0 N–H and O–H groups in total. The summed E-state index contributed by atoms with van der Waals surface area (Å²) in [4.78, 5) is 45.8. The molecule has 0 aromatic carbocycles. The highest BCUT2D eigenvalue weighted by Gasteiger charge is 2.26. The van der Waals surface area contributed by atoms with Gasteiger partial charge in [-0.05, 0) is 38.8 Å². The number of hydrogen-bond donors (Lipinski definition) is 0. The van der Waals surface area contributed by atoms with Crippen molar-refractivity contribution in [2.75, 3.05) is 31.1 Å². The molecule has 1 aliphatic rings. The molecule has 2 amide bonds. The topological polar surface area (TPSA) is 70.6 Å². The molecule has 0 radical (unpaired) electrons. The molecular formula is C24H37N3O3S. The minimum atomic E-state index is -0.386. The van der Waals surface area contributed by atoms with Crippen LogP contribution in [0.3, 0.4) is 0 Å². The summed E-state index contributed by atoms with van der Waals surface area (Å²) in [7, 11) is 0. The fourth-order valence-electron chi connectivity index (χ4n) is 4.27. The fourth-order valence-corrected chi connectivity index (χ4v) is 5.31. The van der Waals surface area contributed by atoms with Crippen molar-refractivity contribution in [3.8, 4) is 0 Å². The lowest BCUT2D eigenvalue weighted by Crippen LogP contribution is -2.41. The standard InChI is InChI=1S/C24H37N3O3S/c1-4-26(5-2)23(29)16-21(24(30)20-10-9-13-25-17-20)18-31-15-14-27(19(3)28)22-11-7-6-8-12-22/h9-10,13,17,21-22H,4-8,11-12,14-16,18H2,1-3H3. The van der Waals surface area contributed by atoms with Crippen LogP contribution < -0.4 is 0 Å². The molecular weight excluding hydrogens is 410 g/mol. The predicted octanol–water partition coefficient (Wildman–Crippen LogP) is 4.05. The molecule has 2 rings (SSSR count). The maximum atomic E-state index is 13.1. The minimum absolute atomic E-state index is 0.0143. The second-order valence-corrected chi connectivity index (χ2v) is 9.30. The van der Waals surface area contributed by atoms with Crippen molar-refractivity contribution in [1.82, 2.24) is 14.8 Å². The average Bonchev–Trinajstić information content (AvgIpc) is 2.79. The van der Waals surface area contributed by atoms with E-state index in [0.29, 0.717) is 37.0 Å². The van der Waals surface area contributed by atoms with E-state index in [0.717, 1.165) is 18.6 Å². The van der Waals surface area contributed by atoms with E-state index in [1.165, 1.54) is 19.3 Å². The highest BCUT2D eigenvalue weighted by atomic mass is 32.2. The Morgan fingerprint density at radius 3 is 2.45 bits per heavy atom. The van der Waals surface area contributed by atoms with Crippen LogP contribution in [0.1, 0.15) is 69.7 Å². The van der Waals surface area contributed by atoms with Crippen molar-refractivity contribution in [2.45, 2.75) is 65.3 Å². The summed E-state index contributed by atoms with van der Waals surface area (Å²) in [5, 5.41) is 0. The van der Waals surface area contributed by atoms with Crippen LogP contribution in [-0.4, -0.2) is 69.6 Å². The van der Waals surface area contributed by atoms with Crippen molar-refractivity contribution in [1.29, 1.82) is 0 Å². The monoisotopic (exact) mass is 447 g/mol. The van der Waals surface area contributed by atoms with Gasteiger partial charge in [-0.2, -0.15) is 11.8 Å². The quantitative estimate of drug-likeness (QED) is 0.357. The van der Waals surface area contributed by atoms with Gasteiger partial charge in [-0.3, -0.25) is 19.4 Å². The Labute approximate surface area is 191 Å². The van der Waals surface area contributed by atoms with Gasteiger partial charge in [0.2, 0.25) is 11.8 Å². The van der Waals surface area contributed by atoms with Crippen LogP contribution in [0, 0.1) is 5.92 Å². The molecule has 1 aromatic rings. The number of rotatable bonds is 12. The fraction of sp³-hybridized carbons (Fsp3) is 0.667. The van der Waals surface area contributed by atoms with Crippen molar-refractivity contribution in [3.63, 3.8) is 0 Å². The Morgan fingerprint density at radius 2 is 1.87 bits per heavy atom. The smallest absolute Gasteiger partial charge is 0.223 e. The van der Waals surface area contributed by atoms with Crippen molar-refractivity contribution >= 4 is 29.4 Å². The zero-order valence-electron chi connectivity index (χ0n) is 19.2. The largest absolute Gasteiger partial charge is 0.343 e. The summed E-state index contributed by atoms with van der Waals surface area (Å²) in [5.74, 6) is 1.07. The molecule has 1 aliphatic carbocycles. The molecule has 1 fully saturated rings. The van der Waals surface area contributed by atoms with E-state index in [4.69, 9.17) is 0 Å². The first-order valence-electron chi connectivity index (χ1n) is 11.5. The second kappa shape index (κ2) is 13.5. The Balaban J connectivity index is 1.97. The van der Waals surface area contributed by atoms with Gasteiger partial charge in [0.1, 0.15) is 0 Å². The first-order valence-corrected chi connectivity index (χ1v) is 12.7. The van der Waals surface area contributed by atoms with Gasteiger partial charge in [0.15, 0.2) is 5.78 Å². The molecule has 0 bridgehead atoms. The molecule has 0 aliphatic heterocycles. The number of thioether (sulfide) groups is 1. The number of Topliss-reactive ketones (excluding diaryl/α,β-unsaturated/α-hetero) is 1. The molecule has 1 aromatic heterocycles. The Hall–Kier alpha value is -1.89. The van der Waals surface area contributed by atoms with Crippen LogP contribution in [0.25, 0.3) is 0 Å². The molecule has 1 unspecified atom stereocenters. The highest BCUT2D eigenvalue weighted by Crippen LogP contribution is 2.24. The first-order chi connectivity index (χ1) is 15.0. The SMILES string of the molecule is CCN(CC)C(=O)CC(CSCCN(C(C)=O)C1CCCCC1)C(=O)c1cccnc1. The van der Waals surface area contributed by atoms with Gasteiger partial charge in [-0.15, -0.1) is 0 Å². The maximum absolute atomic E-state index is 13.1. The van der Waals surface area contributed by atoms with Crippen LogP contribution in [0.2, 0.25) is 0 Å². The third-order valence-electron chi connectivity index (χ3n) is 6.07. The van der Waals surface area contributed by atoms with Gasteiger partial charge in [0, 0.05) is 74.4 Å². The van der Waals surface area contributed by atoms with Crippen LogP contribution >= 0.6 is 11.8 Å². The van der Waals surface area contributed by atoms with Gasteiger partial charge < -0.3 is 9.80 Å². The Kier molecular flexibility index (Phi) is 11.1. The van der Waals surface area contributed by atoms with Gasteiger partial charge >= 0.3 is 0 Å². The summed E-state index contributed by atoms with van der Waals surface area (Å²) in [6, 6.07) is 3.86. The van der Waals surface area contributed by atoms with E-state index >= 15 is 0 Å². The van der Waals surface area contributed by atoms with Crippen molar-refractivity contribution < 1.29 is 14.4 Å². The molecule has 6 nitrogen and oxygen atoms in total. The third kappa shape index (κ3) is 7.95. The predicted molar refractivity (Wildman–Crippen MR) is 126 cm³/mol. The highest BCUT2D eigenvalue weighted by molar-refractivity contribution is 7.99. The molecule has 1 heterocycles. The number of carbonyl (C=O) groups is 3. The normalized spacial score (nSPS) is 15.3. The molecule has 0 spiro atoms. The van der Waals surface area contributed by atoms with Gasteiger partial charge in [0.05, 0.1) is 0 Å². The molecule has 7 heteroatoms. The van der Waals surface area contributed by atoms with Crippen molar-refractivity contribution in [3.05, 3.63) is 30.1 Å². The molecule has 0 saturated heterocycles. The van der Waals surface area contributed by atoms with E-state index in [1.807, 2.05) is 18.7 Å². The van der Waals surface area contributed by atoms with Crippen LogP contribution in [0.5, 0.6) is 0 Å². The number of aromatic nitrogens is 1. The number of ketones is 1. The number of nitrogens with zero attached hydrogens (tertiary/aromatic N) is 3. The lowest BCUT2D eigenvalue weighted by Gasteiger charge is -2.33. The Bertz CT molecular complexity index is 703. The van der Waals surface area contributed by atoms with Gasteiger partial charge in [0.25, 0.3) is 0 Å². The first kappa shape index (κ1) is 25.4. The number of pyridine rings is 1. The number of carbonyl (C=O) groups excluding carboxylic acids is 3. The van der Waals surface area contributed by atoms with Crippen molar-refractivity contribution in [2.24, 2.45) is 5.92 Å². The van der Waals surface area contributed by atoms with Crippen LogP contribution in [-0.2, 0) is 9.59 Å². The van der Waals surface area contributed by atoms with E-state index in [-0.39, 0.29) is 29.9 Å². The molecule has 172 valence electrons. The Morgan fingerprint density at radius 1 is 1.16 bits per heavy atom. The molecule has 1 saturated carbocycles. The molecule has 1 atom stereocenters.